The average molecular weight is 260 g/mol. The van der Waals surface area contributed by atoms with E-state index in [-0.39, 0.29) is 35.4 Å². The van der Waals surface area contributed by atoms with Crippen LogP contribution in [0.5, 0.6) is 0 Å². The van der Waals surface area contributed by atoms with Gasteiger partial charge < -0.3 is 10.6 Å². The van der Waals surface area contributed by atoms with Gasteiger partial charge in [-0.1, -0.05) is 6.07 Å². The van der Waals surface area contributed by atoms with E-state index < -0.39 is 4.92 Å². The van der Waals surface area contributed by atoms with Crippen molar-refractivity contribution in [2.45, 2.75) is 18.9 Å². The predicted octanol–water partition coefficient (Wildman–Crippen LogP) is 1.16. The molecule has 1 aliphatic carbocycles. The van der Waals surface area contributed by atoms with E-state index in [4.69, 9.17) is 5.26 Å². The molecule has 1 amide bonds. The smallest absolute Gasteiger partial charge is 0.309 e. The summed E-state index contributed by atoms with van der Waals surface area (Å²) in [6, 6.07) is 6.39. The molecule has 2 N–H and O–H groups in total. The lowest BCUT2D eigenvalue weighted by atomic mass is 10.1. The van der Waals surface area contributed by atoms with Crippen LogP contribution in [0, 0.1) is 21.4 Å². The molecule has 1 aliphatic rings. The summed E-state index contributed by atoms with van der Waals surface area (Å²) in [5, 5.41) is 25.2. The van der Waals surface area contributed by atoms with Gasteiger partial charge in [-0.15, -0.1) is 0 Å². The molecule has 1 saturated carbocycles. The lowest BCUT2D eigenvalue weighted by Gasteiger charge is -2.08. The number of nitro benzene ring substituents is 1. The minimum Gasteiger partial charge on any atom is -0.371 e. The van der Waals surface area contributed by atoms with Gasteiger partial charge in [0.1, 0.15) is 17.3 Å². The normalized spacial score (nSPS) is 13.4. The molecule has 0 aromatic heterocycles. The average Bonchev–Trinajstić information content (AvgIpc) is 3.19. The van der Waals surface area contributed by atoms with Crippen LogP contribution in [0.2, 0.25) is 0 Å². The molecule has 0 atom stereocenters. The first-order valence-corrected chi connectivity index (χ1v) is 5.82. The maximum atomic E-state index is 11.5. The Bertz CT molecular complexity index is 561. The first-order chi connectivity index (χ1) is 9.11. The van der Waals surface area contributed by atoms with Gasteiger partial charge in [0.25, 0.3) is 0 Å². The van der Waals surface area contributed by atoms with Crippen molar-refractivity contribution < 1.29 is 9.72 Å². The second-order valence-electron chi connectivity index (χ2n) is 4.27. The van der Waals surface area contributed by atoms with Crippen LogP contribution in [0.15, 0.2) is 18.2 Å². The molecule has 0 heterocycles. The van der Waals surface area contributed by atoms with E-state index in [9.17, 15) is 14.9 Å². The Balaban J connectivity index is 2.08. The van der Waals surface area contributed by atoms with E-state index in [2.05, 4.69) is 10.6 Å². The summed E-state index contributed by atoms with van der Waals surface area (Å²) >= 11 is 0. The number of nitro groups is 1. The van der Waals surface area contributed by atoms with E-state index in [1.54, 1.807) is 6.07 Å². The zero-order chi connectivity index (χ0) is 13.8. The van der Waals surface area contributed by atoms with Crippen molar-refractivity contribution in [3.63, 3.8) is 0 Å². The standard InChI is InChI=1S/C12H12N4O3/c13-6-8-2-1-3-10(12(8)16(18)19)14-7-11(17)15-9-4-5-9/h1-3,9,14H,4-5,7H2,(H,15,17). The maximum absolute atomic E-state index is 11.5. The highest BCUT2D eigenvalue weighted by atomic mass is 16.6. The van der Waals surface area contributed by atoms with Crippen molar-refractivity contribution in [3.05, 3.63) is 33.9 Å². The Kier molecular flexibility index (Phi) is 3.61. The molecular formula is C12H12N4O3. The highest BCUT2D eigenvalue weighted by molar-refractivity contribution is 5.82. The van der Waals surface area contributed by atoms with Gasteiger partial charge in [-0.3, -0.25) is 14.9 Å². The van der Waals surface area contributed by atoms with Crippen LogP contribution < -0.4 is 10.6 Å². The molecule has 0 unspecified atom stereocenters. The number of para-hydroxylation sites is 1. The van der Waals surface area contributed by atoms with Crippen LogP contribution in [0.1, 0.15) is 18.4 Å². The first kappa shape index (κ1) is 12.8. The van der Waals surface area contributed by atoms with Gasteiger partial charge in [0.05, 0.1) is 11.5 Å². The van der Waals surface area contributed by atoms with Crippen molar-refractivity contribution in [3.8, 4) is 6.07 Å². The number of hydrogen-bond donors (Lipinski definition) is 2. The van der Waals surface area contributed by atoms with E-state index in [0.717, 1.165) is 12.8 Å². The van der Waals surface area contributed by atoms with E-state index in [1.807, 2.05) is 0 Å². The highest BCUT2D eigenvalue weighted by Gasteiger charge is 2.24. The van der Waals surface area contributed by atoms with Crippen LogP contribution >= 0.6 is 0 Å². The van der Waals surface area contributed by atoms with Gasteiger partial charge in [0.15, 0.2) is 0 Å². The molecule has 1 fully saturated rings. The topological polar surface area (TPSA) is 108 Å². The fourth-order valence-corrected chi connectivity index (χ4v) is 1.65. The SMILES string of the molecule is N#Cc1cccc(NCC(=O)NC2CC2)c1[N+](=O)[O-]. The monoisotopic (exact) mass is 260 g/mol. The summed E-state index contributed by atoms with van der Waals surface area (Å²) in [7, 11) is 0. The summed E-state index contributed by atoms with van der Waals surface area (Å²) in [5.74, 6) is -0.209. The highest BCUT2D eigenvalue weighted by Crippen LogP contribution is 2.27. The molecule has 7 heteroatoms. The molecule has 1 aromatic carbocycles. The van der Waals surface area contributed by atoms with Crippen LogP contribution in [-0.4, -0.2) is 23.4 Å². The molecule has 0 saturated heterocycles. The summed E-state index contributed by atoms with van der Waals surface area (Å²) in [4.78, 5) is 21.8. The number of nitrogens with zero attached hydrogens (tertiary/aromatic N) is 2. The summed E-state index contributed by atoms with van der Waals surface area (Å²) in [5.41, 5.74) is -0.156. The Morgan fingerprint density at radius 1 is 1.53 bits per heavy atom. The van der Waals surface area contributed by atoms with Gasteiger partial charge in [-0.2, -0.15) is 5.26 Å². The largest absolute Gasteiger partial charge is 0.371 e. The molecule has 0 spiro atoms. The molecule has 98 valence electrons. The summed E-state index contributed by atoms with van der Waals surface area (Å²) in [6.45, 7) is -0.0494. The van der Waals surface area contributed by atoms with Crippen molar-refractivity contribution in [1.82, 2.24) is 5.32 Å². The fourth-order valence-electron chi connectivity index (χ4n) is 1.65. The first-order valence-electron chi connectivity index (χ1n) is 5.82. The number of benzene rings is 1. The zero-order valence-corrected chi connectivity index (χ0v) is 10.0. The number of anilines is 1. The zero-order valence-electron chi connectivity index (χ0n) is 10.0. The molecule has 0 aliphatic heterocycles. The number of hydrogen-bond acceptors (Lipinski definition) is 5. The third-order valence-corrected chi connectivity index (χ3v) is 2.72. The molecule has 0 bridgehead atoms. The van der Waals surface area contributed by atoms with Crippen molar-refractivity contribution in [2.24, 2.45) is 0 Å². The van der Waals surface area contributed by atoms with Gasteiger partial charge in [0.2, 0.25) is 5.91 Å². The Morgan fingerprint density at radius 3 is 2.84 bits per heavy atom. The number of nitrogens with one attached hydrogen (secondary N) is 2. The van der Waals surface area contributed by atoms with Crippen LogP contribution in [0.4, 0.5) is 11.4 Å². The van der Waals surface area contributed by atoms with Gasteiger partial charge in [-0.05, 0) is 25.0 Å². The van der Waals surface area contributed by atoms with E-state index in [1.165, 1.54) is 18.2 Å². The number of nitriles is 1. The van der Waals surface area contributed by atoms with Gasteiger partial charge >= 0.3 is 5.69 Å². The van der Waals surface area contributed by atoms with Gasteiger partial charge in [-0.25, -0.2) is 0 Å². The van der Waals surface area contributed by atoms with Crippen LogP contribution in [-0.2, 0) is 4.79 Å². The summed E-state index contributed by atoms with van der Waals surface area (Å²) in [6.07, 6.45) is 1.96. The van der Waals surface area contributed by atoms with Crippen molar-refractivity contribution >= 4 is 17.3 Å². The number of amides is 1. The number of rotatable bonds is 5. The molecule has 19 heavy (non-hydrogen) atoms. The van der Waals surface area contributed by atoms with Crippen molar-refractivity contribution in [1.29, 1.82) is 5.26 Å². The number of carbonyl (C=O) groups excluding carboxylic acids is 1. The Hall–Kier alpha value is -2.62. The molecule has 1 aromatic rings. The lowest BCUT2D eigenvalue weighted by molar-refractivity contribution is -0.384. The molecule has 2 rings (SSSR count). The second kappa shape index (κ2) is 5.35. The van der Waals surface area contributed by atoms with Crippen LogP contribution in [0.25, 0.3) is 0 Å². The predicted molar refractivity (Wildman–Crippen MR) is 67.5 cm³/mol. The quantitative estimate of drug-likeness (QED) is 0.610. The third-order valence-electron chi connectivity index (χ3n) is 2.72. The number of carbonyl (C=O) groups is 1. The maximum Gasteiger partial charge on any atom is 0.309 e. The fraction of sp³-hybridized carbons (Fsp3) is 0.333. The van der Waals surface area contributed by atoms with Crippen molar-refractivity contribution in [2.75, 3.05) is 11.9 Å². The Morgan fingerprint density at radius 2 is 2.26 bits per heavy atom. The summed E-state index contributed by atoms with van der Waals surface area (Å²) < 4.78 is 0. The molecule has 7 nitrogen and oxygen atoms in total. The minimum atomic E-state index is -0.625. The van der Waals surface area contributed by atoms with E-state index >= 15 is 0 Å². The van der Waals surface area contributed by atoms with Gasteiger partial charge in [0, 0.05) is 6.04 Å². The van der Waals surface area contributed by atoms with Crippen LogP contribution in [0.3, 0.4) is 0 Å². The molecule has 0 radical (unpaired) electrons. The Labute approximate surface area is 109 Å². The molecular weight excluding hydrogens is 248 g/mol. The minimum absolute atomic E-state index is 0.0300. The second-order valence-corrected chi connectivity index (χ2v) is 4.27. The third kappa shape index (κ3) is 3.19. The van der Waals surface area contributed by atoms with E-state index in [0.29, 0.717) is 0 Å². The lowest BCUT2D eigenvalue weighted by Crippen LogP contribution is -2.31.